The number of benzene rings is 1. The van der Waals surface area contributed by atoms with Crippen LogP contribution in [0.15, 0.2) is 27.2 Å². The summed E-state index contributed by atoms with van der Waals surface area (Å²) in [5, 5.41) is 8.04. The third-order valence-corrected chi connectivity index (χ3v) is 4.01. The SMILES string of the molecule is Cc1nc(CCNc2nc3ccc(Br)cc3s2)no1. The zero-order valence-electron chi connectivity index (χ0n) is 10.2. The highest BCUT2D eigenvalue weighted by molar-refractivity contribution is 9.10. The van der Waals surface area contributed by atoms with Gasteiger partial charge in [0.2, 0.25) is 5.89 Å². The Bertz CT molecular complexity index is 709. The predicted molar refractivity (Wildman–Crippen MR) is 78.5 cm³/mol. The molecule has 19 heavy (non-hydrogen) atoms. The van der Waals surface area contributed by atoms with Crippen LogP contribution >= 0.6 is 27.3 Å². The predicted octanol–water partition coefficient (Wildman–Crippen LogP) is 3.40. The van der Waals surface area contributed by atoms with E-state index in [0.29, 0.717) is 11.7 Å². The smallest absolute Gasteiger partial charge is 0.223 e. The molecule has 7 heteroatoms. The number of thiazole rings is 1. The van der Waals surface area contributed by atoms with Crippen LogP contribution in [0.3, 0.4) is 0 Å². The van der Waals surface area contributed by atoms with Crippen LogP contribution in [0.2, 0.25) is 0 Å². The van der Waals surface area contributed by atoms with Crippen LogP contribution in [0.4, 0.5) is 5.13 Å². The summed E-state index contributed by atoms with van der Waals surface area (Å²) in [4.78, 5) is 8.67. The Kier molecular flexibility index (Phi) is 3.48. The molecule has 2 heterocycles. The highest BCUT2D eigenvalue weighted by atomic mass is 79.9. The van der Waals surface area contributed by atoms with Gasteiger partial charge in [-0.25, -0.2) is 4.98 Å². The van der Waals surface area contributed by atoms with Gasteiger partial charge in [-0.2, -0.15) is 4.98 Å². The van der Waals surface area contributed by atoms with Crippen LogP contribution in [-0.4, -0.2) is 21.7 Å². The van der Waals surface area contributed by atoms with Crippen LogP contribution in [0.25, 0.3) is 10.2 Å². The van der Waals surface area contributed by atoms with E-state index in [2.05, 4.69) is 42.4 Å². The largest absolute Gasteiger partial charge is 0.361 e. The van der Waals surface area contributed by atoms with Crippen molar-refractivity contribution in [2.24, 2.45) is 0 Å². The molecule has 0 radical (unpaired) electrons. The fourth-order valence-electron chi connectivity index (χ4n) is 1.70. The van der Waals surface area contributed by atoms with E-state index in [9.17, 15) is 0 Å². The van der Waals surface area contributed by atoms with Crippen molar-refractivity contribution in [1.29, 1.82) is 0 Å². The summed E-state index contributed by atoms with van der Waals surface area (Å²) in [5.74, 6) is 1.31. The summed E-state index contributed by atoms with van der Waals surface area (Å²) in [6.07, 6.45) is 0.719. The molecule has 0 aliphatic carbocycles. The Morgan fingerprint density at radius 1 is 1.37 bits per heavy atom. The highest BCUT2D eigenvalue weighted by Crippen LogP contribution is 2.28. The van der Waals surface area contributed by atoms with E-state index in [-0.39, 0.29) is 0 Å². The van der Waals surface area contributed by atoms with Crippen LogP contribution in [-0.2, 0) is 6.42 Å². The van der Waals surface area contributed by atoms with Gasteiger partial charge in [-0.15, -0.1) is 0 Å². The summed E-state index contributed by atoms with van der Waals surface area (Å²) in [5.41, 5.74) is 1.01. The van der Waals surface area contributed by atoms with Gasteiger partial charge in [0.1, 0.15) is 0 Å². The summed E-state index contributed by atoms with van der Waals surface area (Å²) >= 11 is 5.09. The second-order valence-electron chi connectivity index (χ2n) is 4.04. The first-order chi connectivity index (χ1) is 9.20. The van der Waals surface area contributed by atoms with Gasteiger partial charge in [-0.1, -0.05) is 32.4 Å². The number of anilines is 1. The zero-order valence-corrected chi connectivity index (χ0v) is 12.6. The van der Waals surface area contributed by atoms with E-state index in [4.69, 9.17) is 4.52 Å². The van der Waals surface area contributed by atoms with Crippen LogP contribution in [0, 0.1) is 6.92 Å². The average molecular weight is 339 g/mol. The van der Waals surface area contributed by atoms with E-state index in [0.717, 1.165) is 32.8 Å². The molecule has 0 saturated carbocycles. The Morgan fingerprint density at radius 2 is 2.26 bits per heavy atom. The first-order valence-electron chi connectivity index (χ1n) is 5.80. The molecule has 98 valence electrons. The van der Waals surface area contributed by atoms with Gasteiger partial charge >= 0.3 is 0 Å². The van der Waals surface area contributed by atoms with Crippen LogP contribution in [0.1, 0.15) is 11.7 Å². The Labute approximate surface area is 122 Å². The normalized spacial score (nSPS) is 11.1. The molecule has 5 nitrogen and oxygen atoms in total. The van der Waals surface area contributed by atoms with Crippen molar-refractivity contribution in [3.8, 4) is 0 Å². The minimum Gasteiger partial charge on any atom is -0.361 e. The van der Waals surface area contributed by atoms with Gasteiger partial charge in [-0.3, -0.25) is 0 Å². The second-order valence-corrected chi connectivity index (χ2v) is 5.98. The Hall–Kier alpha value is -1.47. The lowest BCUT2D eigenvalue weighted by atomic mass is 10.3. The molecular formula is C12H11BrN4OS. The quantitative estimate of drug-likeness (QED) is 0.789. The van der Waals surface area contributed by atoms with Gasteiger partial charge in [0.25, 0.3) is 0 Å². The molecule has 2 aromatic heterocycles. The minimum atomic E-state index is 0.597. The molecule has 0 aliphatic rings. The zero-order chi connectivity index (χ0) is 13.2. The van der Waals surface area contributed by atoms with Crippen molar-refractivity contribution in [3.63, 3.8) is 0 Å². The number of rotatable bonds is 4. The first kappa shape index (κ1) is 12.6. The minimum absolute atomic E-state index is 0.597. The number of aryl methyl sites for hydroxylation is 1. The van der Waals surface area contributed by atoms with E-state index in [1.807, 2.05) is 12.1 Å². The summed E-state index contributed by atoms with van der Waals surface area (Å²) in [7, 11) is 0. The Balaban J connectivity index is 1.65. The van der Waals surface area contributed by atoms with Crippen molar-refractivity contribution in [2.45, 2.75) is 13.3 Å². The lowest BCUT2D eigenvalue weighted by Crippen LogP contribution is -2.05. The average Bonchev–Trinajstić information content (AvgIpc) is 2.95. The van der Waals surface area contributed by atoms with Gasteiger partial charge < -0.3 is 9.84 Å². The number of nitrogens with one attached hydrogen (secondary N) is 1. The summed E-state index contributed by atoms with van der Waals surface area (Å²) < 4.78 is 7.15. The maximum absolute atomic E-state index is 4.92. The number of halogens is 1. The molecule has 0 amide bonds. The fraction of sp³-hybridized carbons (Fsp3) is 0.250. The van der Waals surface area contributed by atoms with Gasteiger partial charge in [0.05, 0.1) is 10.2 Å². The van der Waals surface area contributed by atoms with Crippen LogP contribution < -0.4 is 5.32 Å². The molecule has 1 aromatic carbocycles. The lowest BCUT2D eigenvalue weighted by Gasteiger charge is -1.97. The van der Waals surface area contributed by atoms with Crippen molar-refractivity contribution in [2.75, 3.05) is 11.9 Å². The molecular weight excluding hydrogens is 328 g/mol. The standard InChI is InChI=1S/C12H11BrN4OS/c1-7-15-11(17-18-7)4-5-14-12-16-9-3-2-8(13)6-10(9)19-12/h2-3,6H,4-5H2,1H3,(H,14,16). The van der Waals surface area contributed by atoms with Crippen molar-refractivity contribution >= 4 is 42.6 Å². The molecule has 0 fully saturated rings. The van der Waals surface area contributed by atoms with Crippen molar-refractivity contribution < 1.29 is 4.52 Å². The molecule has 1 N–H and O–H groups in total. The monoisotopic (exact) mass is 338 g/mol. The molecule has 0 unspecified atom stereocenters. The van der Waals surface area contributed by atoms with Crippen molar-refractivity contribution in [3.05, 3.63) is 34.4 Å². The number of nitrogens with zero attached hydrogens (tertiary/aromatic N) is 3. The summed E-state index contributed by atoms with van der Waals surface area (Å²) in [6.45, 7) is 2.52. The van der Waals surface area contributed by atoms with Gasteiger partial charge in [-0.05, 0) is 18.2 Å². The van der Waals surface area contributed by atoms with Crippen LogP contribution in [0.5, 0.6) is 0 Å². The lowest BCUT2D eigenvalue weighted by molar-refractivity contribution is 0.387. The van der Waals surface area contributed by atoms with E-state index < -0.39 is 0 Å². The maximum atomic E-state index is 4.92. The molecule has 3 rings (SSSR count). The molecule has 0 bridgehead atoms. The molecule has 0 saturated heterocycles. The number of hydrogen-bond donors (Lipinski definition) is 1. The first-order valence-corrected chi connectivity index (χ1v) is 7.41. The third kappa shape index (κ3) is 2.93. The molecule has 3 aromatic rings. The van der Waals surface area contributed by atoms with E-state index >= 15 is 0 Å². The number of fused-ring (bicyclic) bond motifs is 1. The van der Waals surface area contributed by atoms with Crippen molar-refractivity contribution in [1.82, 2.24) is 15.1 Å². The number of aromatic nitrogens is 3. The van der Waals surface area contributed by atoms with E-state index in [1.165, 1.54) is 0 Å². The molecule has 0 spiro atoms. The maximum Gasteiger partial charge on any atom is 0.223 e. The topological polar surface area (TPSA) is 63.8 Å². The van der Waals surface area contributed by atoms with Gasteiger partial charge in [0.15, 0.2) is 11.0 Å². The highest BCUT2D eigenvalue weighted by Gasteiger charge is 2.05. The third-order valence-electron chi connectivity index (χ3n) is 2.54. The molecule has 0 aliphatic heterocycles. The summed E-state index contributed by atoms with van der Waals surface area (Å²) in [6, 6.07) is 6.07. The fourth-order valence-corrected chi connectivity index (χ4v) is 3.14. The second kappa shape index (κ2) is 5.26. The molecule has 0 atom stereocenters. The van der Waals surface area contributed by atoms with E-state index in [1.54, 1.807) is 18.3 Å². The van der Waals surface area contributed by atoms with Gasteiger partial charge in [0, 0.05) is 24.4 Å². The number of hydrogen-bond acceptors (Lipinski definition) is 6. The Morgan fingerprint density at radius 3 is 3.05 bits per heavy atom.